The highest BCUT2D eigenvalue weighted by atomic mass is 16.8. The molecule has 0 bridgehead atoms. The first kappa shape index (κ1) is 38.7. The molecule has 0 spiro atoms. The first-order valence-corrected chi connectivity index (χ1v) is 17.8. The Labute approximate surface area is 314 Å². The molecule has 0 saturated carbocycles. The van der Waals surface area contributed by atoms with Crippen LogP contribution in [0.3, 0.4) is 0 Å². The fraction of sp³-hybridized carbons (Fsp3) is 0.390. The molecule has 2 aliphatic rings. The van der Waals surface area contributed by atoms with Crippen molar-refractivity contribution in [1.82, 2.24) is 0 Å². The maximum Gasteiger partial charge on any atom is 0.338 e. The summed E-state index contributed by atoms with van der Waals surface area (Å²) in [7, 11) is 3.08. The molecule has 2 heterocycles. The third-order valence-corrected chi connectivity index (χ3v) is 9.37. The van der Waals surface area contributed by atoms with E-state index in [0.717, 1.165) is 11.1 Å². The van der Waals surface area contributed by atoms with Gasteiger partial charge < -0.3 is 42.6 Å². The lowest BCUT2D eigenvalue weighted by Gasteiger charge is -2.48. The smallest absolute Gasteiger partial charge is 0.338 e. The molecule has 13 nitrogen and oxygen atoms in total. The largest absolute Gasteiger partial charge is 0.497 e. The van der Waals surface area contributed by atoms with Crippen molar-refractivity contribution in [3.63, 3.8) is 0 Å². The Hall–Kier alpha value is -4.98. The Morgan fingerprint density at radius 2 is 1.22 bits per heavy atom. The normalized spacial score (nSPS) is 28.0. The number of hydrogen-bond donors (Lipinski definition) is 0. The van der Waals surface area contributed by atoms with Crippen LogP contribution in [0.4, 0.5) is 0 Å². The minimum atomic E-state index is -1.19. The molecular formula is C41H45N3O10. The van der Waals surface area contributed by atoms with Crippen molar-refractivity contribution in [2.45, 2.75) is 88.4 Å². The summed E-state index contributed by atoms with van der Waals surface area (Å²) in [5.41, 5.74) is 11.7. The fourth-order valence-corrected chi connectivity index (χ4v) is 6.57. The molecule has 2 aliphatic heterocycles. The summed E-state index contributed by atoms with van der Waals surface area (Å²) in [6.07, 6.45) is -8.23. The van der Waals surface area contributed by atoms with Gasteiger partial charge >= 0.3 is 5.97 Å². The predicted molar refractivity (Wildman–Crippen MR) is 197 cm³/mol. The second kappa shape index (κ2) is 18.9. The Balaban J connectivity index is 1.36. The lowest BCUT2D eigenvalue weighted by atomic mass is 9.95. The van der Waals surface area contributed by atoms with Gasteiger partial charge in [-0.25, -0.2) is 4.79 Å². The number of azide groups is 1. The summed E-state index contributed by atoms with van der Waals surface area (Å²) in [4.78, 5) is 16.9. The maximum atomic E-state index is 13.8. The van der Waals surface area contributed by atoms with Crippen LogP contribution >= 0.6 is 0 Å². The van der Waals surface area contributed by atoms with Crippen molar-refractivity contribution in [3.8, 4) is 11.5 Å². The van der Waals surface area contributed by atoms with E-state index in [0.29, 0.717) is 17.1 Å². The van der Waals surface area contributed by atoms with Crippen LogP contribution in [0, 0.1) is 0 Å². The molecule has 0 aliphatic carbocycles. The van der Waals surface area contributed by atoms with E-state index in [1.165, 1.54) is 7.11 Å². The molecule has 0 N–H and O–H groups in total. The molecule has 284 valence electrons. The summed E-state index contributed by atoms with van der Waals surface area (Å²) < 4.78 is 56.8. The lowest BCUT2D eigenvalue weighted by molar-refractivity contribution is -0.346. The molecule has 4 aromatic rings. The molecule has 2 fully saturated rings. The van der Waals surface area contributed by atoms with Gasteiger partial charge in [0.15, 0.2) is 12.4 Å². The number of rotatable bonds is 15. The minimum absolute atomic E-state index is 0.208. The van der Waals surface area contributed by atoms with E-state index < -0.39 is 67.3 Å². The van der Waals surface area contributed by atoms with Crippen LogP contribution in [-0.4, -0.2) is 81.5 Å². The minimum Gasteiger partial charge on any atom is -0.497 e. The zero-order chi connectivity index (χ0) is 37.9. The van der Waals surface area contributed by atoms with Gasteiger partial charge in [0.2, 0.25) is 6.29 Å². The number of ether oxygens (including phenoxy) is 9. The van der Waals surface area contributed by atoms with E-state index in [4.69, 9.17) is 42.6 Å². The Kier molecular flexibility index (Phi) is 13.5. The SMILES string of the molecule is COc1ccc(O[C@@H]2O[C@@H](C)[C@H](OCc3ccccc3)[C@@H](O[C@@H]3O[C@H](C)[C@@H](N=[N+]=[N-])[C@H](OCc4ccccc4)[C@H]3OC)[C@H]2OC(=O)c2ccccc2)cc1. The number of esters is 1. The van der Waals surface area contributed by atoms with Crippen molar-refractivity contribution in [2.75, 3.05) is 14.2 Å². The Morgan fingerprint density at radius 3 is 1.80 bits per heavy atom. The second-order valence-corrected chi connectivity index (χ2v) is 13.0. The molecule has 4 aromatic carbocycles. The highest BCUT2D eigenvalue weighted by Gasteiger charge is 2.54. The van der Waals surface area contributed by atoms with Crippen molar-refractivity contribution in [3.05, 3.63) is 142 Å². The van der Waals surface area contributed by atoms with Gasteiger partial charge in [0, 0.05) is 12.0 Å². The summed E-state index contributed by atoms with van der Waals surface area (Å²) in [6, 6.07) is 34.1. The van der Waals surface area contributed by atoms with Gasteiger partial charge in [0.1, 0.15) is 35.9 Å². The molecule has 54 heavy (non-hydrogen) atoms. The molecule has 0 radical (unpaired) electrons. The number of hydrogen-bond acceptors (Lipinski definition) is 11. The van der Waals surface area contributed by atoms with Crippen LogP contribution in [0.15, 0.2) is 120 Å². The Bertz CT molecular complexity index is 1800. The number of nitrogens with zero attached hydrogens (tertiary/aromatic N) is 3. The van der Waals surface area contributed by atoms with Crippen molar-refractivity contribution >= 4 is 5.97 Å². The van der Waals surface area contributed by atoms with Gasteiger partial charge in [-0.2, -0.15) is 0 Å². The third kappa shape index (κ3) is 9.57. The average Bonchev–Trinajstić information content (AvgIpc) is 3.20. The molecule has 13 heteroatoms. The highest BCUT2D eigenvalue weighted by Crippen LogP contribution is 2.36. The first-order chi connectivity index (χ1) is 26.4. The standard InChI is InChI=1S/C41H45N3O10/c1-26-33(43-44-42)35(49-25-29-16-10-6-11-17-29)37(47-4)40(50-26)54-36-34(48-24-28-14-8-5-9-15-28)27(2)51-41(52-32-22-20-31(46-3)21-23-32)38(36)53-39(45)30-18-12-7-13-19-30/h5-23,26-27,33-38,40-41H,24-25H2,1-4H3/t26-,27+,33-,34+,35+,36-,37-,38-,40+,41+/m1/s1. The van der Waals surface area contributed by atoms with E-state index in [2.05, 4.69) is 10.0 Å². The van der Waals surface area contributed by atoms with Gasteiger partial charge in [0.25, 0.3) is 0 Å². The zero-order valence-electron chi connectivity index (χ0n) is 30.6. The highest BCUT2D eigenvalue weighted by molar-refractivity contribution is 5.89. The summed E-state index contributed by atoms with van der Waals surface area (Å²) in [5, 5.41) is 4.04. The van der Waals surface area contributed by atoms with Crippen molar-refractivity contribution in [2.24, 2.45) is 5.11 Å². The molecule has 0 aromatic heterocycles. The van der Waals surface area contributed by atoms with Crippen LogP contribution in [0.2, 0.25) is 0 Å². The first-order valence-electron chi connectivity index (χ1n) is 17.8. The fourth-order valence-electron chi connectivity index (χ4n) is 6.57. The monoisotopic (exact) mass is 739 g/mol. The second-order valence-electron chi connectivity index (χ2n) is 13.0. The molecule has 0 amide bonds. The number of carbonyl (C=O) groups excluding carboxylic acids is 1. The average molecular weight is 740 g/mol. The van der Waals surface area contributed by atoms with E-state index in [9.17, 15) is 10.3 Å². The van der Waals surface area contributed by atoms with Gasteiger partial charge in [0.05, 0.1) is 44.1 Å². The number of methoxy groups -OCH3 is 2. The topological polar surface area (TPSA) is 149 Å². The number of carbonyl (C=O) groups is 1. The summed E-state index contributed by atoms with van der Waals surface area (Å²) in [5.74, 6) is 0.464. The van der Waals surface area contributed by atoms with Gasteiger partial charge in [-0.3, -0.25) is 0 Å². The third-order valence-electron chi connectivity index (χ3n) is 9.37. The molecular weight excluding hydrogens is 694 g/mol. The van der Waals surface area contributed by atoms with Gasteiger partial charge in [-0.15, -0.1) is 0 Å². The maximum absolute atomic E-state index is 13.8. The number of benzene rings is 4. The van der Waals surface area contributed by atoms with E-state index in [-0.39, 0.29) is 13.2 Å². The van der Waals surface area contributed by atoms with Crippen LogP contribution in [0.1, 0.15) is 35.3 Å². The molecule has 6 rings (SSSR count). The van der Waals surface area contributed by atoms with Crippen molar-refractivity contribution in [1.29, 1.82) is 0 Å². The van der Waals surface area contributed by atoms with E-state index in [1.54, 1.807) is 62.6 Å². The van der Waals surface area contributed by atoms with Crippen LogP contribution in [0.25, 0.3) is 10.4 Å². The van der Waals surface area contributed by atoms with Crippen molar-refractivity contribution < 1.29 is 47.4 Å². The van der Waals surface area contributed by atoms with E-state index in [1.807, 2.05) is 73.7 Å². The summed E-state index contributed by atoms with van der Waals surface area (Å²) >= 11 is 0. The Morgan fingerprint density at radius 1 is 0.667 bits per heavy atom. The van der Waals surface area contributed by atoms with Gasteiger partial charge in [-0.05, 0) is 66.9 Å². The summed E-state index contributed by atoms with van der Waals surface area (Å²) in [6.45, 7) is 4.04. The van der Waals surface area contributed by atoms with E-state index >= 15 is 0 Å². The van der Waals surface area contributed by atoms with Crippen LogP contribution in [0.5, 0.6) is 11.5 Å². The van der Waals surface area contributed by atoms with Crippen LogP contribution in [-0.2, 0) is 46.4 Å². The molecule has 0 unspecified atom stereocenters. The van der Waals surface area contributed by atoms with Crippen LogP contribution < -0.4 is 9.47 Å². The van der Waals surface area contributed by atoms with Gasteiger partial charge in [-0.1, -0.05) is 84.0 Å². The molecule has 2 saturated heterocycles. The quantitative estimate of drug-likeness (QED) is 0.0538. The lowest BCUT2D eigenvalue weighted by Crippen LogP contribution is -2.65. The predicted octanol–water partition coefficient (Wildman–Crippen LogP) is 7.04. The molecule has 10 atom stereocenters. The zero-order valence-corrected chi connectivity index (χ0v) is 30.6.